The van der Waals surface area contributed by atoms with Gasteiger partial charge in [-0.2, -0.15) is 0 Å². The summed E-state index contributed by atoms with van der Waals surface area (Å²) in [5, 5.41) is 20.4. The van der Waals surface area contributed by atoms with Gasteiger partial charge >= 0.3 is 0 Å². The standard InChI is InChI=1S/C14H18N2O4/c1-10(17)12-5-3-7-15(9-12)14(18)11-4-2-6-13(8-11)16(19)20/h2,4,6,8,10,12,17H,3,5,7,9H2,1H3. The molecule has 1 N–H and O–H groups in total. The number of nitro groups is 1. The van der Waals surface area contributed by atoms with E-state index in [2.05, 4.69) is 0 Å². The lowest BCUT2D eigenvalue weighted by Gasteiger charge is -2.34. The fourth-order valence-corrected chi connectivity index (χ4v) is 2.52. The van der Waals surface area contributed by atoms with Gasteiger partial charge in [0.2, 0.25) is 0 Å². The first-order valence-electron chi connectivity index (χ1n) is 6.71. The van der Waals surface area contributed by atoms with Gasteiger partial charge in [-0.1, -0.05) is 6.07 Å². The molecule has 6 nitrogen and oxygen atoms in total. The first-order valence-corrected chi connectivity index (χ1v) is 6.71. The molecule has 1 fully saturated rings. The summed E-state index contributed by atoms with van der Waals surface area (Å²) < 4.78 is 0. The van der Waals surface area contributed by atoms with Crippen LogP contribution in [0.3, 0.4) is 0 Å². The van der Waals surface area contributed by atoms with E-state index in [1.54, 1.807) is 17.9 Å². The van der Waals surface area contributed by atoms with Crippen molar-refractivity contribution in [3.05, 3.63) is 39.9 Å². The number of aliphatic hydroxyl groups is 1. The Bertz CT molecular complexity index is 516. The smallest absolute Gasteiger partial charge is 0.270 e. The van der Waals surface area contributed by atoms with Crippen LogP contribution in [0, 0.1) is 16.0 Å². The summed E-state index contributed by atoms with van der Waals surface area (Å²) in [6, 6.07) is 5.77. The number of rotatable bonds is 3. The average molecular weight is 278 g/mol. The van der Waals surface area contributed by atoms with Crippen molar-refractivity contribution in [1.29, 1.82) is 0 Å². The van der Waals surface area contributed by atoms with E-state index in [4.69, 9.17) is 0 Å². The highest BCUT2D eigenvalue weighted by Gasteiger charge is 2.27. The van der Waals surface area contributed by atoms with Crippen molar-refractivity contribution in [1.82, 2.24) is 4.90 Å². The summed E-state index contributed by atoms with van der Waals surface area (Å²) >= 11 is 0. The summed E-state index contributed by atoms with van der Waals surface area (Å²) in [6.45, 7) is 2.86. The van der Waals surface area contributed by atoms with Crippen molar-refractivity contribution in [2.75, 3.05) is 13.1 Å². The van der Waals surface area contributed by atoms with Crippen molar-refractivity contribution in [3.63, 3.8) is 0 Å². The molecule has 0 radical (unpaired) electrons. The van der Waals surface area contributed by atoms with Crippen molar-refractivity contribution in [2.45, 2.75) is 25.9 Å². The van der Waals surface area contributed by atoms with E-state index in [1.165, 1.54) is 18.2 Å². The highest BCUT2D eigenvalue weighted by Crippen LogP contribution is 2.22. The van der Waals surface area contributed by atoms with Gasteiger partial charge in [0.25, 0.3) is 11.6 Å². The Morgan fingerprint density at radius 3 is 2.95 bits per heavy atom. The highest BCUT2D eigenvalue weighted by molar-refractivity contribution is 5.94. The van der Waals surface area contributed by atoms with Crippen LogP contribution in [0.15, 0.2) is 24.3 Å². The van der Waals surface area contributed by atoms with Crippen LogP contribution in [0.5, 0.6) is 0 Å². The van der Waals surface area contributed by atoms with E-state index < -0.39 is 11.0 Å². The Labute approximate surface area is 117 Å². The average Bonchev–Trinajstić information content (AvgIpc) is 2.46. The Morgan fingerprint density at radius 1 is 1.55 bits per heavy atom. The third-order valence-electron chi connectivity index (χ3n) is 3.73. The number of nitro benzene ring substituents is 1. The number of hydrogen-bond donors (Lipinski definition) is 1. The van der Waals surface area contributed by atoms with E-state index in [-0.39, 0.29) is 17.5 Å². The number of benzene rings is 1. The second-order valence-corrected chi connectivity index (χ2v) is 5.20. The summed E-state index contributed by atoms with van der Waals surface area (Å²) in [5.41, 5.74) is 0.241. The quantitative estimate of drug-likeness (QED) is 0.675. The van der Waals surface area contributed by atoms with Crippen molar-refractivity contribution in [3.8, 4) is 0 Å². The van der Waals surface area contributed by atoms with Crippen molar-refractivity contribution < 1.29 is 14.8 Å². The minimum absolute atomic E-state index is 0.0754. The van der Waals surface area contributed by atoms with E-state index in [9.17, 15) is 20.0 Å². The van der Waals surface area contributed by atoms with E-state index >= 15 is 0 Å². The third kappa shape index (κ3) is 3.14. The Kier molecular flexibility index (Phi) is 4.34. The van der Waals surface area contributed by atoms with E-state index in [0.29, 0.717) is 18.7 Å². The molecule has 2 atom stereocenters. The second kappa shape index (κ2) is 6.00. The number of likely N-dealkylation sites (tertiary alicyclic amines) is 1. The molecular formula is C14H18N2O4. The van der Waals surface area contributed by atoms with Gasteiger partial charge in [0.1, 0.15) is 0 Å². The number of carbonyl (C=O) groups is 1. The maximum Gasteiger partial charge on any atom is 0.270 e. The number of non-ortho nitro benzene ring substituents is 1. The molecule has 1 amide bonds. The minimum Gasteiger partial charge on any atom is -0.393 e. The van der Waals surface area contributed by atoms with Crippen LogP contribution >= 0.6 is 0 Å². The molecule has 0 aromatic heterocycles. The molecule has 0 bridgehead atoms. The molecule has 1 aliphatic heterocycles. The Morgan fingerprint density at radius 2 is 2.30 bits per heavy atom. The number of aliphatic hydroxyl groups excluding tert-OH is 1. The van der Waals surface area contributed by atoms with E-state index in [1.807, 2.05) is 0 Å². The summed E-state index contributed by atoms with van der Waals surface area (Å²) in [4.78, 5) is 24.3. The van der Waals surface area contributed by atoms with Crippen LogP contribution in [0.2, 0.25) is 0 Å². The normalized spacial score (nSPS) is 20.5. The fraction of sp³-hybridized carbons (Fsp3) is 0.500. The summed E-state index contributed by atoms with van der Waals surface area (Å²) in [7, 11) is 0. The monoisotopic (exact) mass is 278 g/mol. The summed E-state index contributed by atoms with van der Waals surface area (Å²) in [5.74, 6) is -0.134. The maximum atomic E-state index is 12.4. The summed E-state index contributed by atoms with van der Waals surface area (Å²) in [6.07, 6.45) is 1.29. The first kappa shape index (κ1) is 14.5. The van der Waals surface area contributed by atoms with Crippen LogP contribution in [0.25, 0.3) is 0 Å². The zero-order valence-corrected chi connectivity index (χ0v) is 11.4. The van der Waals surface area contributed by atoms with E-state index in [0.717, 1.165) is 12.8 Å². The zero-order chi connectivity index (χ0) is 14.7. The highest BCUT2D eigenvalue weighted by atomic mass is 16.6. The van der Waals surface area contributed by atoms with Gasteiger partial charge in [0.05, 0.1) is 11.0 Å². The fourth-order valence-electron chi connectivity index (χ4n) is 2.52. The predicted molar refractivity (Wildman–Crippen MR) is 73.4 cm³/mol. The molecule has 1 heterocycles. The molecule has 1 aromatic carbocycles. The topological polar surface area (TPSA) is 83.7 Å². The van der Waals surface area contributed by atoms with Gasteiger partial charge in [-0.25, -0.2) is 0 Å². The van der Waals surface area contributed by atoms with Crippen molar-refractivity contribution in [2.24, 2.45) is 5.92 Å². The lowest BCUT2D eigenvalue weighted by atomic mass is 9.93. The molecule has 0 saturated carbocycles. The van der Waals surface area contributed by atoms with Crippen molar-refractivity contribution >= 4 is 11.6 Å². The van der Waals surface area contributed by atoms with Crippen LogP contribution < -0.4 is 0 Å². The lowest BCUT2D eigenvalue weighted by Crippen LogP contribution is -2.42. The molecule has 0 aliphatic carbocycles. The maximum absolute atomic E-state index is 12.4. The van der Waals surface area contributed by atoms with Gasteiger partial charge < -0.3 is 10.0 Å². The largest absolute Gasteiger partial charge is 0.393 e. The van der Waals surface area contributed by atoms with Crippen LogP contribution in [0.4, 0.5) is 5.69 Å². The minimum atomic E-state index is -0.508. The van der Waals surface area contributed by atoms with Gasteiger partial charge in [-0.3, -0.25) is 14.9 Å². The molecule has 108 valence electrons. The Hall–Kier alpha value is -1.95. The van der Waals surface area contributed by atoms with Crippen LogP contribution in [-0.4, -0.2) is 40.0 Å². The predicted octanol–water partition coefficient (Wildman–Crippen LogP) is 1.83. The number of piperidine rings is 1. The zero-order valence-electron chi connectivity index (χ0n) is 11.4. The van der Waals surface area contributed by atoms with Gasteiger partial charge in [-0.05, 0) is 25.8 Å². The lowest BCUT2D eigenvalue weighted by molar-refractivity contribution is -0.384. The van der Waals surface area contributed by atoms with Gasteiger partial charge in [0.15, 0.2) is 0 Å². The number of hydrogen-bond acceptors (Lipinski definition) is 4. The number of carbonyl (C=O) groups excluding carboxylic acids is 1. The van der Waals surface area contributed by atoms with Gasteiger partial charge in [-0.15, -0.1) is 0 Å². The first-order chi connectivity index (χ1) is 9.49. The molecule has 2 rings (SSSR count). The molecule has 2 unspecified atom stereocenters. The molecular weight excluding hydrogens is 260 g/mol. The SMILES string of the molecule is CC(O)C1CCCN(C(=O)c2cccc([N+](=O)[O-])c2)C1. The number of nitrogens with zero attached hydrogens (tertiary/aromatic N) is 2. The third-order valence-corrected chi connectivity index (χ3v) is 3.73. The molecule has 1 saturated heterocycles. The molecule has 1 aliphatic rings. The van der Waals surface area contributed by atoms with Gasteiger partial charge in [0, 0.05) is 36.7 Å². The van der Waals surface area contributed by atoms with Crippen LogP contribution in [-0.2, 0) is 0 Å². The Balaban J connectivity index is 2.14. The number of amides is 1. The molecule has 1 aromatic rings. The second-order valence-electron chi connectivity index (χ2n) is 5.20. The molecule has 0 spiro atoms. The molecule has 20 heavy (non-hydrogen) atoms. The molecule has 6 heteroatoms. The van der Waals surface area contributed by atoms with Crippen LogP contribution in [0.1, 0.15) is 30.1 Å².